The molecule has 7 heteroatoms. The Bertz CT molecular complexity index is 857. The molecule has 24 heavy (non-hydrogen) atoms. The van der Waals surface area contributed by atoms with Gasteiger partial charge in [-0.15, -0.1) is 0 Å². The summed E-state index contributed by atoms with van der Waals surface area (Å²) in [7, 11) is 2.05. The lowest BCUT2D eigenvalue weighted by Crippen LogP contribution is -2.47. The number of rotatable bonds is 4. The molecule has 126 valence electrons. The average molecular weight is 345 g/mol. The van der Waals surface area contributed by atoms with Gasteiger partial charge >= 0.3 is 0 Å². The topological polar surface area (TPSA) is 37.2 Å². The van der Waals surface area contributed by atoms with Crippen LogP contribution in [0.1, 0.15) is 0 Å². The first-order valence-corrected chi connectivity index (χ1v) is 9.06. The molecule has 3 aromatic rings. The number of aromatic nitrogens is 3. The zero-order chi connectivity index (χ0) is 16.5. The van der Waals surface area contributed by atoms with Crippen LogP contribution in [0.4, 0.5) is 9.70 Å². The number of fused-ring (bicyclic) bond motifs is 3. The van der Waals surface area contributed by atoms with Crippen molar-refractivity contribution in [2.24, 2.45) is 7.05 Å². The highest BCUT2D eigenvalue weighted by molar-refractivity contribution is 7.94. The maximum Gasteiger partial charge on any atom is 0.143 e. The predicted octanol–water partition coefficient (Wildman–Crippen LogP) is 2.86. The fourth-order valence-electron chi connectivity index (χ4n) is 3.45. The van der Waals surface area contributed by atoms with Crippen LogP contribution in [-0.4, -0.2) is 57.9 Å². The van der Waals surface area contributed by atoms with E-state index in [-0.39, 0.29) is 0 Å². The fraction of sp³-hybridized carbons (Fsp3) is 0.412. The fourth-order valence-corrected chi connectivity index (χ4v) is 3.77. The van der Waals surface area contributed by atoms with E-state index >= 15 is 0 Å². The van der Waals surface area contributed by atoms with Crippen LogP contribution in [0.2, 0.25) is 0 Å². The summed E-state index contributed by atoms with van der Waals surface area (Å²) in [6.45, 7) is 4.60. The number of aryl methyl sites for hydroxylation is 1. The molecule has 0 unspecified atom stereocenters. The van der Waals surface area contributed by atoms with Crippen LogP contribution < -0.4 is 4.90 Å². The monoisotopic (exact) mass is 345 g/mol. The second-order valence-electron chi connectivity index (χ2n) is 6.13. The van der Waals surface area contributed by atoms with E-state index in [4.69, 9.17) is 4.98 Å². The van der Waals surface area contributed by atoms with Gasteiger partial charge in [-0.2, -0.15) is 3.89 Å². The molecule has 0 aliphatic carbocycles. The van der Waals surface area contributed by atoms with Gasteiger partial charge in [0.25, 0.3) is 0 Å². The van der Waals surface area contributed by atoms with Crippen molar-refractivity contribution in [3.63, 3.8) is 0 Å². The molecule has 0 N–H and O–H groups in total. The van der Waals surface area contributed by atoms with Gasteiger partial charge in [0.05, 0.1) is 5.52 Å². The highest BCUT2D eigenvalue weighted by atomic mass is 32.2. The molecule has 0 aromatic carbocycles. The SMILES string of the molecule is Cn1c2ccncc2c2ccc(N3CCN(CCSF)CC3)nc21. The van der Waals surface area contributed by atoms with Crippen molar-refractivity contribution in [3.8, 4) is 0 Å². The Hall–Kier alpha value is -1.86. The minimum absolute atomic E-state index is 0.422. The van der Waals surface area contributed by atoms with E-state index in [1.165, 1.54) is 0 Å². The molecule has 0 bridgehead atoms. The first-order chi connectivity index (χ1) is 11.8. The van der Waals surface area contributed by atoms with Gasteiger partial charge in [0, 0.05) is 80.8 Å². The average Bonchev–Trinajstić information content (AvgIpc) is 2.93. The van der Waals surface area contributed by atoms with Gasteiger partial charge in [0.15, 0.2) is 0 Å². The lowest BCUT2D eigenvalue weighted by atomic mass is 10.2. The molecule has 4 rings (SSSR count). The lowest BCUT2D eigenvalue weighted by molar-refractivity contribution is 0.272. The molecule has 0 spiro atoms. The van der Waals surface area contributed by atoms with E-state index in [9.17, 15) is 3.89 Å². The highest BCUT2D eigenvalue weighted by Crippen LogP contribution is 2.28. The molecule has 0 atom stereocenters. The Labute approximate surface area is 144 Å². The van der Waals surface area contributed by atoms with E-state index in [2.05, 4.69) is 31.5 Å². The maximum atomic E-state index is 12.2. The van der Waals surface area contributed by atoms with Gasteiger partial charge in [0.1, 0.15) is 11.5 Å². The molecule has 4 heterocycles. The van der Waals surface area contributed by atoms with Crippen molar-refractivity contribution in [3.05, 3.63) is 30.6 Å². The standard InChI is InChI=1S/C17H20FN5S/c1-21-15-4-5-19-12-14(15)13-2-3-16(20-17(13)21)23-8-6-22(7-9-23)10-11-24-18/h2-5,12H,6-11H2,1H3. The van der Waals surface area contributed by atoms with Gasteiger partial charge in [0.2, 0.25) is 0 Å². The predicted molar refractivity (Wildman–Crippen MR) is 98.2 cm³/mol. The number of nitrogens with zero attached hydrogens (tertiary/aromatic N) is 5. The van der Waals surface area contributed by atoms with Crippen LogP contribution >= 0.6 is 12.1 Å². The molecule has 0 saturated carbocycles. The molecule has 1 fully saturated rings. The highest BCUT2D eigenvalue weighted by Gasteiger charge is 2.19. The summed E-state index contributed by atoms with van der Waals surface area (Å²) in [6.07, 6.45) is 3.72. The molecule has 0 radical (unpaired) electrons. The Morgan fingerprint density at radius 1 is 1.12 bits per heavy atom. The minimum atomic E-state index is 0.422. The van der Waals surface area contributed by atoms with Crippen molar-refractivity contribution in [2.45, 2.75) is 0 Å². The minimum Gasteiger partial charge on any atom is -0.354 e. The summed E-state index contributed by atoms with van der Waals surface area (Å²) in [5, 5.41) is 2.28. The number of hydrogen-bond acceptors (Lipinski definition) is 5. The van der Waals surface area contributed by atoms with Crippen LogP contribution in [0.3, 0.4) is 0 Å². The second-order valence-corrected chi connectivity index (χ2v) is 6.76. The summed E-state index contributed by atoms with van der Waals surface area (Å²) >= 11 is 0.422. The summed E-state index contributed by atoms with van der Waals surface area (Å²) in [5.74, 6) is 1.56. The van der Waals surface area contributed by atoms with Gasteiger partial charge in [-0.1, -0.05) is 0 Å². The molecule has 1 saturated heterocycles. The number of halogens is 1. The molecule has 5 nitrogen and oxygen atoms in total. The van der Waals surface area contributed by atoms with Gasteiger partial charge in [-0.3, -0.25) is 9.88 Å². The summed E-state index contributed by atoms with van der Waals surface area (Å²) in [4.78, 5) is 13.8. The zero-order valence-electron chi connectivity index (χ0n) is 13.7. The third-order valence-corrected chi connectivity index (χ3v) is 5.15. The third-order valence-electron chi connectivity index (χ3n) is 4.81. The number of anilines is 1. The van der Waals surface area contributed by atoms with Gasteiger partial charge in [-0.05, 0) is 18.2 Å². The number of hydrogen-bond donors (Lipinski definition) is 0. The molecule has 3 aromatic heterocycles. The van der Waals surface area contributed by atoms with Gasteiger partial charge in [-0.25, -0.2) is 4.98 Å². The van der Waals surface area contributed by atoms with Gasteiger partial charge < -0.3 is 9.47 Å². The first kappa shape index (κ1) is 15.7. The molecule has 1 aliphatic heterocycles. The van der Waals surface area contributed by atoms with Crippen molar-refractivity contribution in [1.29, 1.82) is 0 Å². The Kier molecular flexibility index (Phi) is 4.28. The van der Waals surface area contributed by atoms with E-state index in [1.54, 1.807) is 0 Å². The smallest absolute Gasteiger partial charge is 0.143 e. The van der Waals surface area contributed by atoms with Crippen molar-refractivity contribution < 1.29 is 3.89 Å². The van der Waals surface area contributed by atoms with E-state index < -0.39 is 0 Å². The normalized spacial score (nSPS) is 16.3. The molecule has 0 amide bonds. The largest absolute Gasteiger partial charge is 0.354 e. The maximum absolute atomic E-state index is 12.2. The molecular formula is C17H20FN5S. The Morgan fingerprint density at radius 3 is 2.75 bits per heavy atom. The van der Waals surface area contributed by atoms with Crippen molar-refractivity contribution in [2.75, 3.05) is 43.4 Å². The number of pyridine rings is 2. The second kappa shape index (κ2) is 6.57. The third kappa shape index (κ3) is 2.71. The summed E-state index contributed by atoms with van der Waals surface area (Å²) < 4.78 is 14.4. The zero-order valence-corrected chi connectivity index (χ0v) is 14.5. The Morgan fingerprint density at radius 2 is 1.96 bits per heavy atom. The van der Waals surface area contributed by atoms with Crippen molar-refractivity contribution >= 4 is 39.9 Å². The molecular weight excluding hydrogens is 325 g/mol. The van der Waals surface area contributed by atoms with Crippen LogP contribution in [0, 0.1) is 0 Å². The lowest BCUT2D eigenvalue weighted by Gasteiger charge is -2.35. The quantitative estimate of drug-likeness (QED) is 0.727. The van der Waals surface area contributed by atoms with Crippen LogP contribution in [0.15, 0.2) is 30.6 Å². The van der Waals surface area contributed by atoms with Crippen molar-refractivity contribution in [1.82, 2.24) is 19.4 Å². The summed E-state index contributed by atoms with van der Waals surface area (Å²) in [5.41, 5.74) is 2.14. The van der Waals surface area contributed by atoms with Crippen LogP contribution in [-0.2, 0) is 7.05 Å². The summed E-state index contributed by atoms with van der Waals surface area (Å²) in [6, 6.07) is 6.27. The van der Waals surface area contributed by atoms with E-state index in [0.29, 0.717) is 17.9 Å². The van der Waals surface area contributed by atoms with E-state index in [1.807, 2.05) is 25.5 Å². The van der Waals surface area contributed by atoms with E-state index in [0.717, 1.165) is 60.5 Å². The molecule has 1 aliphatic rings. The van der Waals surface area contributed by atoms with Crippen LogP contribution in [0.25, 0.3) is 21.9 Å². The number of piperazine rings is 1. The van der Waals surface area contributed by atoms with Crippen LogP contribution in [0.5, 0.6) is 0 Å². The first-order valence-electron chi connectivity index (χ1n) is 8.18. The Balaban J connectivity index is 1.60.